The number of nitrogens with zero attached hydrogens (tertiary/aromatic N) is 1. The zero-order valence-electron chi connectivity index (χ0n) is 15.3. The van der Waals surface area contributed by atoms with E-state index >= 15 is 0 Å². The van der Waals surface area contributed by atoms with Gasteiger partial charge in [-0.3, -0.25) is 29.6 Å². The number of hydrogen-bond donors (Lipinski definition) is 2. The van der Waals surface area contributed by atoms with Crippen LogP contribution in [0.5, 0.6) is 0 Å². The van der Waals surface area contributed by atoms with Crippen molar-refractivity contribution >= 4 is 41.0 Å². The van der Waals surface area contributed by atoms with Crippen molar-refractivity contribution in [2.24, 2.45) is 5.92 Å². The first-order valence-corrected chi connectivity index (χ1v) is 9.19. The van der Waals surface area contributed by atoms with Gasteiger partial charge >= 0.3 is 5.97 Å². The largest absolute Gasteiger partial charge is 0.455 e. The first-order chi connectivity index (χ1) is 13.9. The average molecular weight is 416 g/mol. The monoisotopic (exact) mass is 415 g/mol. The molecule has 3 amide bonds. The van der Waals surface area contributed by atoms with Crippen LogP contribution in [0.4, 0.5) is 5.69 Å². The number of para-hydroxylation sites is 1. The summed E-state index contributed by atoms with van der Waals surface area (Å²) in [6, 6.07) is 15.1. The van der Waals surface area contributed by atoms with E-state index in [4.69, 9.17) is 16.3 Å². The van der Waals surface area contributed by atoms with Crippen LogP contribution in [0, 0.1) is 5.92 Å². The minimum atomic E-state index is -0.779. The third kappa shape index (κ3) is 5.32. The van der Waals surface area contributed by atoms with Crippen LogP contribution in [-0.4, -0.2) is 41.9 Å². The minimum absolute atomic E-state index is 0.0475. The van der Waals surface area contributed by atoms with Crippen molar-refractivity contribution < 1.29 is 23.9 Å². The standard InChI is InChI=1S/C20H18ClN3O5/c21-16-9-5-4-8-15(16)19(27)23-24-11-13(10-18(24)26)20(28)29-12-17(25)22-14-6-2-1-3-7-14/h1-9,13H,10-12H2,(H,22,25)(H,23,27)/t13-/m1/s1. The van der Waals surface area contributed by atoms with Gasteiger partial charge in [-0.1, -0.05) is 41.9 Å². The van der Waals surface area contributed by atoms with Crippen molar-refractivity contribution in [3.05, 3.63) is 65.2 Å². The Morgan fingerprint density at radius 3 is 2.48 bits per heavy atom. The summed E-state index contributed by atoms with van der Waals surface area (Å²) in [6.07, 6.45) is -0.123. The molecule has 9 heteroatoms. The van der Waals surface area contributed by atoms with Crippen LogP contribution < -0.4 is 10.7 Å². The lowest BCUT2D eigenvalue weighted by Crippen LogP contribution is -2.43. The van der Waals surface area contributed by atoms with Gasteiger partial charge in [0.25, 0.3) is 11.8 Å². The van der Waals surface area contributed by atoms with E-state index in [0.29, 0.717) is 5.69 Å². The van der Waals surface area contributed by atoms with E-state index in [1.165, 1.54) is 6.07 Å². The molecule has 2 aromatic rings. The van der Waals surface area contributed by atoms with Gasteiger partial charge in [-0.05, 0) is 24.3 Å². The molecular weight excluding hydrogens is 398 g/mol. The maximum absolute atomic E-state index is 12.3. The molecule has 1 aliphatic rings. The lowest BCUT2D eigenvalue weighted by atomic mass is 10.1. The summed E-state index contributed by atoms with van der Waals surface area (Å²) in [5.41, 5.74) is 3.24. The Balaban J connectivity index is 1.49. The lowest BCUT2D eigenvalue weighted by molar-refractivity contribution is -0.151. The second kappa shape index (κ2) is 9.20. The number of rotatable bonds is 6. The van der Waals surface area contributed by atoms with Crippen molar-refractivity contribution in [2.75, 3.05) is 18.5 Å². The van der Waals surface area contributed by atoms with Gasteiger partial charge < -0.3 is 10.1 Å². The molecule has 0 aliphatic carbocycles. The number of halogens is 1. The molecule has 0 aromatic heterocycles. The zero-order chi connectivity index (χ0) is 20.8. The summed E-state index contributed by atoms with van der Waals surface area (Å²) in [4.78, 5) is 48.4. The van der Waals surface area contributed by atoms with E-state index in [-0.39, 0.29) is 23.6 Å². The van der Waals surface area contributed by atoms with Crippen LogP contribution >= 0.6 is 11.6 Å². The smallest absolute Gasteiger partial charge is 0.311 e. The molecule has 0 radical (unpaired) electrons. The van der Waals surface area contributed by atoms with E-state index in [2.05, 4.69) is 10.7 Å². The molecule has 150 valence electrons. The molecule has 1 heterocycles. The third-order valence-electron chi connectivity index (χ3n) is 4.22. The summed E-state index contributed by atoms with van der Waals surface area (Å²) in [6.45, 7) is -0.515. The molecule has 2 aromatic carbocycles. The highest BCUT2D eigenvalue weighted by Gasteiger charge is 2.36. The number of benzene rings is 2. The Hall–Kier alpha value is -3.39. The highest BCUT2D eigenvalue weighted by Crippen LogP contribution is 2.19. The van der Waals surface area contributed by atoms with Gasteiger partial charge in [0.2, 0.25) is 5.91 Å². The number of ether oxygens (including phenoxy) is 1. The quantitative estimate of drug-likeness (QED) is 0.702. The van der Waals surface area contributed by atoms with Crippen molar-refractivity contribution in [3.8, 4) is 0 Å². The van der Waals surface area contributed by atoms with Crippen LogP contribution in [0.1, 0.15) is 16.8 Å². The maximum atomic E-state index is 12.3. The number of anilines is 1. The molecule has 0 spiro atoms. The number of esters is 1. The van der Waals surface area contributed by atoms with Gasteiger partial charge in [-0.2, -0.15) is 0 Å². The lowest BCUT2D eigenvalue weighted by Gasteiger charge is -2.18. The van der Waals surface area contributed by atoms with Crippen LogP contribution in [0.15, 0.2) is 54.6 Å². The average Bonchev–Trinajstić information content (AvgIpc) is 3.07. The predicted octanol–water partition coefficient (Wildman–Crippen LogP) is 2.02. The summed E-state index contributed by atoms with van der Waals surface area (Å²) in [7, 11) is 0. The molecule has 1 saturated heterocycles. The fourth-order valence-electron chi connectivity index (χ4n) is 2.77. The predicted molar refractivity (Wildman–Crippen MR) is 105 cm³/mol. The Morgan fingerprint density at radius 2 is 1.76 bits per heavy atom. The topological polar surface area (TPSA) is 105 Å². The number of carbonyl (C=O) groups is 4. The van der Waals surface area contributed by atoms with Crippen molar-refractivity contribution in [2.45, 2.75) is 6.42 Å². The second-order valence-electron chi connectivity index (χ2n) is 6.35. The molecule has 8 nitrogen and oxygen atoms in total. The van der Waals surface area contributed by atoms with Crippen molar-refractivity contribution in [1.29, 1.82) is 0 Å². The first-order valence-electron chi connectivity index (χ1n) is 8.81. The summed E-state index contributed by atoms with van der Waals surface area (Å²) < 4.78 is 5.00. The van der Waals surface area contributed by atoms with Gasteiger partial charge in [0.05, 0.1) is 23.0 Å². The molecule has 1 aliphatic heterocycles. The minimum Gasteiger partial charge on any atom is -0.455 e. The Labute approximate surface area is 171 Å². The molecule has 1 atom stereocenters. The van der Waals surface area contributed by atoms with Crippen molar-refractivity contribution in [1.82, 2.24) is 10.4 Å². The summed E-state index contributed by atoms with van der Waals surface area (Å²) in [5.74, 6) is -2.94. The van der Waals surface area contributed by atoms with E-state index in [9.17, 15) is 19.2 Å². The molecule has 2 N–H and O–H groups in total. The van der Waals surface area contributed by atoms with E-state index in [1.54, 1.807) is 42.5 Å². The summed E-state index contributed by atoms with van der Waals surface area (Å²) in [5, 5.41) is 3.90. The number of hydrazine groups is 1. The molecule has 29 heavy (non-hydrogen) atoms. The molecule has 1 fully saturated rings. The Bertz CT molecular complexity index is 935. The van der Waals surface area contributed by atoms with Gasteiger partial charge in [0.15, 0.2) is 6.61 Å². The number of amides is 3. The van der Waals surface area contributed by atoms with Crippen LogP contribution in [-0.2, 0) is 19.1 Å². The Morgan fingerprint density at radius 1 is 1.07 bits per heavy atom. The van der Waals surface area contributed by atoms with Gasteiger partial charge in [0.1, 0.15) is 0 Å². The van der Waals surface area contributed by atoms with Gasteiger partial charge in [0, 0.05) is 12.1 Å². The number of hydrogen-bond acceptors (Lipinski definition) is 5. The third-order valence-corrected chi connectivity index (χ3v) is 4.55. The maximum Gasteiger partial charge on any atom is 0.311 e. The molecule has 0 saturated carbocycles. The number of carbonyl (C=O) groups excluding carboxylic acids is 4. The molecular formula is C20H18ClN3O5. The highest BCUT2D eigenvalue weighted by molar-refractivity contribution is 6.33. The highest BCUT2D eigenvalue weighted by atomic mass is 35.5. The SMILES string of the molecule is O=C(COC(=O)[C@@H]1CC(=O)N(NC(=O)c2ccccc2Cl)C1)Nc1ccccc1. The fraction of sp³-hybridized carbons (Fsp3) is 0.200. The van der Waals surface area contributed by atoms with E-state index in [0.717, 1.165) is 5.01 Å². The molecule has 0 bridgehead atoms. The zero-order valence-corrected chi connectivity index (χ0v) is 16.0. The van der Waals surface area contributed by atoms with Crippen LogP contribution in [0.3, 0.4) is 0 Å². The van der Waals surface area contributed by atoms with E-state index < -0.39 is 36.2 Å². The van der Waals surface area contributed by atoms with Crippen LogP contribution in [0.2, 0.25) is 5.02 Å². The first kappa shape index (κ1) is 20.3. The van der Waals surface area contributed by atoms with Gasteiger partial charge in [-0.25, -0.2) is 0 Å². The fourth-order valence-corrected chi connectivity index (χ4v) is 3.00. The second-order valence-corrected chi connectivity index (χ2v) is 6.76. The van der Waals surface area contributed by atoms with Gasteiger partial charge in [-0.15, -0.1) is 0 Å². The normalized spacial score (nSPS) is 15.7. The van der Waals surface area contributed by atoms with E-state index in [1.807, 2.05) is 6.07 Å². The van der Waals surface area contributed by atoms with Crippen LogP contribution in [0.25, 0.3) is 0 Å². The van der Waals surface area contributed by atoms with Crippen molar-refractivity contribution in [3.63, 3.8) is 0 Å². The Kier molecular flexibility index (Phi) is 6.46. The molecule has 0 unspecified atom stereocenters. The molecule has 3 rings (SSSR count). The summed E-state index contributed by atoms with van der Waals surface area (Å²) >= 11 is 5.97. The number of nitrogens with one attached hydrogen (secondary N) is 2.